The first-order valence-electron chi connectivity index (χ1n) is 6.54. The van der Waals surface area contributed by atoms with Crippen LogP contribution in [0.1, 0.15) is 33.9 Å². The van der Waals surface area contributed by atoms with Crippen molar-refractivity contribution in [2.45, 2.75) is 33.2 Å². The largest absolute Gasteiger partial charge is 0.324 e. The summed E-state index contributed by atoms with van der Waals surface area (Å²) in [5, 5.41) is 0. The number of hydrogen-bond donors (Lipinski definition) is 1. The zero-order chi connectivity index (χ0) is 14.0. The summed E-state index contributed by atoms with van der Waals surface area (Å²) in [7, 11) is 0. The molecule has 0 aliphatic heterocycles. The molecule has 0 spiro atoms. The fourth-order valence-corrected chi connectivity index (χ4v) is 2.70. The molecule has 2 aromatic rings. The zero-order valence-electron chi connectivity index (χ0n) is 11.7. The van der Waals surface area contributed by atoms with E-state index in [4.69, 9.17) is 5.73 Å². The van der Waals surface area contributed by atoms with Crippen LogP contribution >= 0.6 is 15.9 Å². The zero-order valence-corrected chi connectivity index (χ0v) is 13.3. The minimum Gasteiger partial charge on any atom is -0.324 e. The molecule has 1 unspecified atom stereocenters. The lowest BCUT2D eigenvalue weighted by Gasteiger charge is -2.14. The van der Waals surface area contributed by atoms with Crippen molar-refractivity contribution in [3.8, 4) is 0 Å². The molecule has 0 fully saturated rings. The van der Waals surface area contributed by atoms with Crippen molar-refractivity contribution in [2.24, 2.45) is 5.73 Å². The lowest BCUT2D eigenvalue weighted by atomic mass is 9.96. The lowest BCUT2D eigenvalue weighted by molar-refractivity contribution is 0.720. The van der Waals surface area contributed by atoms with Gasteiger partial charge >= 0.3 is 0 Å². The molecule has 100 valence electrons. The van der Waals surface area contributed by atoms with Crippen molar-refractivity contribution in [1.82, 2.24) is 0 Å². The van der Waals surface area contributed by atoms with Gasteiger partial charge in [-0.2, -0.15) is 0 Å². The van der Waals surface area contributed by atoms with E-state index >= 15 is 0 Å². The van der Waals surface area contributed by atoms with Gasteiger partial charge in [0.15, 0.2) is 0 Å². The smallest absolute Gasteiger partial charge is 0.0335 e. The Balaban J connectivity index is 2.20. The van der Waals surface area contributed by atoms with E-state index in [9.17, 15) is 0 Å². The molecule has 0 radical (unpaired) electrons. The van der Waals surface area contributed by atoms with Crippen molar-refractivity contribution in [3.05, 3.63) is 68.7 Å². The fourth-order valence-electron chi connectivity index (χ4n) is 2.46. The van der Waals surface area contributed by atoms with Gasteiger partial charge in [0, 0.05) is 10.5 Å². The maximum Gasteiger partial charge on any atom is 0.0335 e. The second kappa shape index (κ2) is 5.89. The fraction of sp³-hybridized carbons (Fsp3) is 0.294. The Morgan fingerprint density at radius 1 is 1.00 bits per heavy atom. The second-order valence-corrected chi connectivity index (χ2v) is 6.17. The Labute approximate surface area is 124 Å². The third kappa shape index (κ3) is 3.68. The highest BCUT2D eigenvalue weighted by Gasteiger charge is 2.09. The third-order valence-electron chi connectivity index (χ3n) is 3.35. The molecule has 1 atom stereocenters. The van der Waals surface area contributed by atoms with Gasteiger partial charge in [0.1, 0.15) is 0 Å². The number of hydrogen-bond acceptors (Lipinski definition) is 1. The molecule has 0 saturated heterocycles. The highest BCUT2D eigenvalue weighted by Crippen LogP contribution is 2.23. The summed E-state index contributed by atoms with van der Waals surface area (Å²) in [5.41, 5.74) is 12.7. The van der Waals surface area contributed by atoms with Crippen molar-refractivity contribution in [3.63, 3.8) is 0 Å². The van der Waals surface area contributed by atoms with Crippen LogP contribution in [0.25, 0.3) is 0 Å². The third-order valence-corrected chi connectivity index (χ3v) is 4.24. The van der Waals surface area contributed by atoms with E-state index in [1.807, 2.05) is 0 Å². The molecule has 0 amide bonds. The van der Waals surface area contributed by atoms with Crippen LogP contribution in [0.2, 0.25) is 0 Å². The molecule has 0 heterocycles. The monoisotopic (exact) mass is 317 g/mol. The van der Waals surface area contributed by atoms with Crippen LogP contribution in [0.3, 0.4) is 0 Å². The summed E-state index contributed by atoms with van der Waals surface area (Å²) in [6.07, 6.45) is 0.879. The molecule has 1 nitrogen and oxygen atoms in total. The minimum absolute atomic E-state index is 0.0491. The van der Waals surface area contributed by atoms with E-state index in [2.05, 4.69) is 73.1 Å². The second-order valence-electron chi connectivity index (χ2n) is 5.32. The van der Waals surface area contributed by atoms with Gasteiger partial charge in [-0.1, -0.05) is 57.4 Å². The average molecular weight is 318 g/mol. The standard InChI is InChI=1S/C17H20BrN/c1-11-6-12(2)8-14(7-11)10-17(19)15-4-5-16(18)13(3)9-15/h4-9,17H,10,19H2,1-3H3. The molecule has 0 bridgehead atoms. The summed E-state index contributed by atoms with van der Waals surface area (Å²) in [6, 6.07) is 13.0. The van der Waals surface area contributed by atoms with Crippen LogP contribution in [-0.2, 0) is 6.42 Å². The SMILES string of the molecule is Cc1cc(C)cc(CC(N)c2ccc(Br)c(C)c2)c1. The predicted octanol–water partition coefficient (Wildman–Crippen LogP) is 4.62. The molecule has 2 rings (SSSR count). The van der Waals surface area contributed by atoms with E-state index in [0.717, 1.165) is 10.9 Å². The minimum atomic E-state index is 0.0491. The van der Waals surface area contributed by atoms with Gasteiger partial charge in [-0.3, -0.25) is 0 Å². The van der Waals surface area contributed by atoms with Crippen molar-refractivity contribution >= 4 is 15.9 Å². The summed E-state index contributed by atoms with van der Waals surface area (Å²) >= 11 is 3.52. The Morgan fingerprint density at radius 3 is 2.21 bits per heavy atom. The van der Waals surface area contributed by atoms with E-state index in [1.54, 1.807) is 0 Å². The van der Waals surface area contributed by atoms with Crippen molar-refractivity contribution in [2.75, 3.05) is 0 Å². The first-order chi connectivity index (χ1) is 8.95. The van der Waals surface area contributed by atoms with E-state index in [1.165, 1.54) is 27.8 Å². The molecular weight excluding hydrogens is 298 g/mol. The first-order valence-corrected chi connectivity index (χ1v) is 7.34. The van der Waals surface area contributed by atoms with Crippen LogP contribution in [0.4, 0.5) is 0 Å². The van der Waals surface area contributed by atoms with Gasteiger partial charge in [0.05, 0.1) is 0 Å². The van der Waals surface area contributed by atoms with Crippen molar-refractivity contribution < 1.29 is 0 Å². The molecule has 2 heteroatoms. The number of aryl methyl sites for hydroxylation is 3. The molecule has 19 heavy (non-hydrogen) atoms. The molecule has 0 aromatic heterocycles. The summed E-state index contributed by atoms with van der Waals surface area (Å²) < 4.78 is 1.13. The Kier molecular flexibility index (Phi) is 4.43. The molecular formula is C17H20BrN. The average Bonchev–Trinajstić information content (AvgIpc) is 2.31. The topological polar surface area (TPSA) is 26.0 Å². The van der Waals surface area contributed by atoms with Gasteiger partial charge in [0.2, 0.25) is 0 Å². The van der Waals surface area contributed by atoms with Crippen LogP contribution < -0.4 is 5.73 Å². The molecule has 2 N–H and O–H groups in total. The van der Waals surface area contributed by atoms with E-state index in [0.29, 0.717) is 0 Å². The van der Waals surface area contributed by atoms with E-state index in [-0.39, 0.29) is 6.04 Å². The van der Waals surface area contributed by atoms with Crippen LogP contribution in [-0.4, -0.2) is 0 Å². The maximum absolute atomic E-state index is 6.33. The summed E-state index contributed by atoms with van der Waals surface area (Å²) in [5.74, 6) is 0. The van der Waals surface area contributed by atoms with Crippen LogP contribution in [0.15, 0.2) is 40.9 Å². The van der Waals surface area contributed by atoms with Crippen LogP contribution in [0.5, 0.6) is 0 Å². The lowest BCUT2D eigenvalue weighted by Crippen LogP contribution is -2.13. The summed E-state index contributed by atoms with van der Waals surface area (Å²) in [4.78, 5) is 0. The highest BCUT2D eigenvalue weighted by molar-refractivity contribution is 9.10. The van der Waals surface area contributed by atoms with E-state index < -0.39 is 0 Å². The van der Waals surface area contributed by atoms with Crippen LogP contribution in [0, 0.1) is 20.8 Å². The predicted molar refractivity (Wildman–Crippen MR) is 85.4 cm³/mol. The van der Waals surface area contributed by atoms with Gasteiger partial charge in [-0.25, -0.2) is 0 Å². The molecule has 0 aliphatic rings. The Bertz CT molecular complexity index is 570. The number of nitrogens with two attached hydrogens (primary N) is 1. The maximum atomic E-state index is 6.33. The molecule has 0 saturated carbocycles. The first kappa shape index (κ1) is 14.3. The quantitative estimate of drug-likeness (QED) is 0.878. The highest BCUT2D eigenvalue weighted by atomic mass is 79.9. The van der Waals surface area contributed by atoms with Gasteiger partial charge in [0.25, 0.3) is 0 Å². The van der Waals surface area contributed by atoms with Crippen molar-refractivity contribution in [1.29, 1.82) is 0 Å². The summed E-state index contributed by atoms with van der Waals surface area (Å²) in [6.45, 7) is 6.36. The Hall–Kier alpha value is -1.12. The normalized spacial score (nSPS) is 12.5. The Morgan fingerprint density at radius 2 is 1.63 bits per heavy atom. The van der Waals surface area contributed by atoms with Gasteiger partial charge in [-0.05, 0) is 49.9 Å². The molecule has 2 aromatic carbocycles. The number of rotatable bonds is 3. The number of benzene rings is 2. The number of halogens is 1. The van der Waals surface area contributed by atoms with Gasteiger partial charge < -0.3 is 5.73 Å². The molecule has 0 aliphatic carbocycles. The van der Waals surface area contributed by atoms with Gasteiger partial charge in [-0.15, -0.1) is 0 Å².